The highest BCUT2D eigenvalue weighted by atomic mass is 16.5. The van der Waals surface area contributed by atoms with Gasteiger partial charge in [-0.1, -0.05) is 37.1 Å². The predicted octanol–water partition coefficient (Wildman–Crippen LogP) is 4.88. The third-order valence-corrected chi connectivity index (χ3v) is 4.27. The third kappa shape index (κ3) is 3.98. The maximum Gasteiger partial charge on any atom is 0.0763 e. The summed E-state index contributed by atoms with van der Waals surface area (Å²) in [6, 6.07) is 0. The minimum atomic E-state index is 0.348. The molecule has 0 saturated carbocycles. The molecule has 2 aliphatic carbocycles. The molecule has 2 rings (SSSR count). The third-order valence-electron chi connectivity index (χ3n) is 4.27. The fraction of sp³-hybridized carbons (Fsp3) is 0.765. The molecule has 0 aliphatic heterocycles. The van der Waals surface area contributed by atoms with E-state index in [4.69, 9.17) is 4.74 Å². The van der Waals surface area contributed by atoms with E-state index < -0.39 is 0 Å². The van der Waals surface area contributed by atoms with Crippen LogP contribution in [0.4, 0.5) is 0 Å². The van der Waals surface area contributed by atoms with E-state index >= 15 is 0 Å². The monoisotopic (exact) mass is 248 g/mol. The molecule has 0 aromatic rings. The van der Waals surface area contributed by atoms with Gasteiger partial charge < -0.3 is 4.74 Å². The van der Waals surface area contributed by atoms with Gasteiger partial charge >= 0.3 is 0 Å². The summed E-state index contributed by atoms with van der Waals surface area (Å²) in [6.45, 7) is 10.1. The van der Waals surface area contributed by atoms with Crippen LogP contribution in [0.5, 0.6) is 0 Å². The number of rotatable bonds is 3. The first kappa shape index (κ1) is 13.9. The van der Waals surface area contributed by atoms with Gasteiger partial charge in [0.25, 0.3) is 0 Å². The van der Waals surface area contributed by atoms with Gasteiger partial charge in [0.1, 0.15) is 0 Å². The van der Waals surface area contributed by atoms with E-state index in [1.165, 1.54) is 37.7 Å². The fourth-order valence-corrected chi connectivity index (χ4v) is 3.34. The largest absolute Gasteiger partial charge is 0.374 e. The lowest BCUT2D eigenvalue weighted by atomic mass is 9.76. The van der Waals surface area contributed by atoms with Crippen LogP contribution in [0.1, 0.15) is 59.8 Å². The highest BCUT2D eigenvalue weighted by Crippen LogP contribution is 2.36. The molecule has 2 unspecified atom stereocenters. The van der Waals surface area contributed by atoms with E-state index in [9.17, 15) is 0 Å². The Bertz CT molecular complexity index is 349. The normalized spacial score (nSPS) is 31.8. The lowest BCUT2D eigenvalue weighted by Gasteiger charge is -2.34. The average molecular weight is 248 g/mol. The average Bonchev–Trinajstić information content (AvgIpc) is 2.25. The number of allylic oxidation sites excluding steroid dienone is 3. The van der Waals surface area contributed by atoms with Gasteiger partial charge in [0.2, 0.25) is 0 Å². The van der Waals surface area contributed by atoms with Crippen LogP contribution in [0.3, 0.4) is 0 Å². The summed E-state index contributed by atoms with van der Waals surface area (Å²) in [5.74, 6) is 0.743. The summed E-state index contributed by atoms with van der Waals surface area (Å²) in [4.78, 5) is 0. The molecule has 0 spiro atoms. The van der Waals surface area contributed by atoms with Gasteiger partial charge in [-0.15, -0.1) is 0 Å². The Balaban J connectivity index is 1.82. The van der Waals surface area contributed by atoms with Crippen molar-refractivity contribution in [3.05, 3.63) is 23.3 Å². The molecule has 1 heteroatoms. The van der Waals surface area contributed by atoms with Crippen LogP contribution >= 0.6 is 0 Å². The summed E-state index contributed by atoms with van der Waals surface area (Å²) in [5, 5.41) is 0. The Morgan fingerprint density at radius 1 is 1.28 bits per heavy atom. The van der Waals surface area contributed by atoms with Crippen LogP contribution in [0, 0.1) is 11.3 Å². The summed E-state index contributed by atoms with van der Waals surface area (Å²) in [5.41, 5.74) is 3.46. The Morgan fingerprint density at radius 2 is 2.06 bits per heavy atom. The summed E-state index contributed by atoms with van der Waals surface area (Å²) >= 11 is 0. The Labute approximate surface area is 112 Å². The lowest BCUT2D eigenvalue weighted by Crippen LogP contribution is -2.28. The van der Waals surface area contributed by atoms with Crippen molar-refractivity contribution in [2.75, 3.05) is 6.61 Å². The highest BCUT2D eigenvalue weighted by molar-refractivity contribution is 5.10. The van der Waals surface area contributed by atoms with Crippen molar-refractivity contribution in [3.8, 4) is 0 Å². The van der Waals surface area contributed by atoms with Crippen molar-refractivity contribution in [2.45, 2.75) is 65.9 Å². The molecule has 0 bridgehead atoms. The molecule has 0 radical (unpaired) electrons. The first-order chi connectivity index (χ1) is 8.44. The molecular weight excluding hydrogens is 220 g/mol. The standard InChI is InChI=1S/C17H28O/c1-13-5-7-15(8-6-13)12-18-16-9-14(2)10-17(3,4)11-16/h5,9,15-16H,6-8,10-12H2,1-4H3. The second kappa shape index (κ2) is 5.61. The van der Waals surface area contributed by atoms with Crippen molar-refractivity contribution < 1.29 is 4.74 Å². The summed E-state index contributed by atoms with van der Waals surface area (Å²) < 4.78 is 6.16. The smallest absolute Gasteiger partial charge is 0.0763 e. The van der Waals surface area contributed by atoms with E-state index in [2.05, 4.69) is 39.8 Å². The fourth-order valence-electron chi connectivity index (χ4n) is 3.34. The number of hydrogen-bond donors (Lipinski definition) is 0. The van der Waals surface area contributed by atoms with Crippen LogP contribution < -0.4 is 0 Å². The second-order valence-corrected chi connectivity index (χ2v) is 7.12. The van der Waals surface area contributed by atoms with Gasteiger partial charge in [-0.2, -0.15) is 0 Å². The topological polar surface area (TPSA) is 9.23 Å². The van der Waals surface area contributed by atoms with Gasteiger partial charge in [-0.25, -0.2) is 0 Å². The molecule has 0 fully saturated rings. The summed E-state index contributed by atoms with van der Waals surface area (Å²) in [7, 11) is 0. The van der Waals surface area contributed by atoms with Crippen LogP contribution in [0.25, 0.3) is 0 Å². The van der Waals surface area contributed by atoms with E-state index in [1.807, 2.05) is 0 Å². The van der Waals surface area contributed by atoms with E-state index in [0.29, 0.717) is 11.5 Å². The molecule has 2 atom stereocenters. The Kier molecular flexibility index (Phi) is 4.32. The highest BCUT2D eigenvalue weighted by Gasteiger charge is 2.28. The number of ether oxygens (including phenoxy) is 1. The lowest BCUT2D eigenvalue weighted by molar-refractivity contribution is 0.0227. The zero-order valence-electron chi connectivity index (χ0n) is 12.5. The van der Waals surface area contributed by atoms with E-state index in [-0.39, 0.29) is 0 Å². The quantitative estimate of drug-likeness (QED) is 0.646. The van der Waals surface area contributed by atoms with Gasteiger partial charge in [-0.3, -0.25) is 0 Å². The van der Waals surface area contributed by atoms with Crippen LogP contribution in [-0.4, -0.2) is 12.7 Å². The maximum absolute atomic E-state index is 6.16. The van der Waals surface area contributed by atoms with Crippen LogP contribution in [0.2, 0.25) is 0 Å². The van der Waals surface area contributed by atoms with Crippen LogP contribution in [-0.2, 0) is 4.74 Å². The molecule has 0 heterocycles. The maximum atomic E-state index is 6.16. The zero-order chi connectivity index (χ0) is 13.2. The first-order valence-corrected chi connectivity index (χ1v) is 7.39. The predicted molar refractivity (Wildman–Crippen MR) is 77.6 cm³/mol. The van der Waals surface area contributed by atoms with Crippen molar-refractivity contribution in [2.24, 2.45) is 11.3 Å². The van der Waals surface area contributed by atoms with Gasteiger partial charge in [-0.05, 0) is 57.3 Å². The van der Waals surface area contributed by atoms with E-state index in [0.717, 1.165) is 12.5 Å². The molecule has 0 N–H and O–H groups in total. The molecule has 2 aliphatic rings. The first-order valence-electron chi connectivity index (χ1n) is 7.39. The molecule has 0 aromatic heterocycles. The van der Waals surface area contributed by atoms with Gasteiger partial charge in [0.15, 0.2) is 0 Å². The zero-order valence-corrected chi connectivity index (χ0v) is 12.5. The van der Waals surface area contributed by atoms with Crippen molar-refractivity contribution in [3.63, 3.8) is 0 Å². The van der Waals surface area contributed by atoms with Crippen molar-refractivity contribution >= 4 is 0 Å². The van der Waals surface area contributed by atoms with Gasteiger partial charge in [0.05, 0.1) is 12.7 Å². The Hall–Kier alpha value is -0.560. The van der Waals surface area contributed by atoms with Crippen molar-refractivity contribution in [1.82, 2.24) is 0 Å². The van der Waals surface area contributed by atoms with Gasteiger partial charge in [0, 0.05) is 0 Å². The Morgan fingerprint density at radius 3 is 2.67 bits per heavy atom. The van der Waals surface area contributed by atoms with Crippen LogP contribution in [0.15, 0.2) is 23.3 Å². The minimum Gasteiger partial charge on any atom is -0.374 e. The SMILES string of the molecule is CC1=CCC(COC2C=C(C)CC(C)(C)C2)CC1. The molecule has 1 nitrogen and oxygen atoms in total. The molecule has 0 aromatic carbocycles. The molecule has 18 heavy (non-hydrogen) atoms. The second-order valence-electron chi connectivity index (χ2n) is 7.12. The number of hydrogen-bond acceptors (Lipinski definition) is 1. The molecule has 102 valence electrons. The van der Waals surface area contributed by atoms with E-state index in [1.54, 1.807) is 5.57 Å². The molecular formula is C17H28O. The summed E-state index contributed by atoms with van der Waals surface area (Å²) in [6.07, 6.45) is 11.3. The van der Waals surface area contributed by atoms with Crippen molar-refractivity contribution in [1.29, 1.82) is 0 Å². The molecule has 0 amide bonds. The minimum absolute atomic E-state index is 0.348. The molecule has 0 saturated heterocycles.